The molecule has 1 aromatic carbocycles. The van der Waals surface area contributed by atoms with Crippen LogP contribution in [0.3, 0.4) is 0 Å². The molecule has 0 aliphatic carbocycles. The lowest BCUT2D eigenvalue weighted by molar-refractivity contribution is -0.387. The molecule has 0 amide bonds. The van der Waals surface area contributed by atoms with E-state index in [0.29, 0.717) is 0 Å². The molecule has 0 aliphatic heterocycles. The molecule has 0 aromatic heterocycles. The summed E-state index contributed by atoms with van der Waals surface area (Å²) >= 11 is 0. The van der Waals surface area contributed by atoms with Crippen molar-refractivity contribution in [3.05, 3.63) is 40.2 Å². The highest BCUT2D eigenvalue weighted by molar-refractivity contribution is 5.30. The smallest absolute Gasteiger partial charge is 0.304 e. The quantitative estimate of drug-likeness (QED) is 0.393. The Bertz CT molecular complexity index is 357. The minimum Gasteiger partial charge on any atom is -0.396 e. The maximum atomic E-state index is 12.4. The second-order valence-electron chi connectivity index (χ2n) is 3.61. The van der Waals surface area contributed by atoms with E-state index < -0.39 is 16.4 Å². The van der Waals surface area contributed by atoms with Gasteiger partial charge in [-0.15, -0.1) is 0 Å². The molecule has 0 saturated carbocycles. The lowest BCUT2D eigenvalue weighted by Crippen LogP contribution is -2.18. The largest absolute Gasteiger partial charge is 0.396 e. The van der Waals surface area contributed by atoms with Crippen LogP contribution >= 0.6 is 0 Å². The van der Waals surface area contributed by atoms with Gasteiger partial charge >= 0.3 is 5.69 Å². The molecular formula is C12H19FN2O4. The molecule has 0 spiro atoms. The van der Waals surface area contributed by atoms with Gasteiger partial charge in [0.1, 0.15) is 0 Å². The Morgan fingerprint density at radius 3 is 2.05 bits per heavy atom. The molecule has 19 heavy (non-hydrogen) atoms. The molecule has 0 heterocycles. The molecule has 1 rings (SSSR count). The third kappa shape index (κ3) is 9.06. The zero-order valence-electron chi connectivity index (χ0n) is 10.6. The van der Waals surface area contributed by atoms with E-state index in [1.807, 2.05) is 0 Å². The molecule has 0 aliphatic rings. The van der Waals surface area contributed by atoms with Crippen molar-refractivity contribution in [1.29, 1.82) is 0 Å². The number of nitrogens with zero attached hydrogens (tertiary/aromatic N) is 1. The van der Waals surface area contributed by atoms with Crippen LogP contribution in [0.4, 0.5) is 10.1 Å². The maximum Gasteiger partial charge on any atom is 0.304 e. The molecule has 7 heteroatoms. The lowest BCUT2D eigenvalue weighted by atomic mass is 10.3. The lowest BCUT2D eigenvalue weighted by Gasteiger charge is -1.99. The van der Waals surface area contributed by atoms with Crippen molar-refractivity contribution in [2.45, 2.75) is 12.8 Å². The van der Waals surface area contributed by atoms with Gasteiger partial charge in [-0.05, 0) is 32.0 Å². The van der Waals surface area contributed by atoms with Gasteiger partial charge in [-0.25, -0.2) is 0 Å². The molecule has 0 radical (unpaired) electrons. The number of hydrogen-bond donors (Lipinski definition) is 3. The molecule has 0 atom stereocenters. The van der Waals surface area contributed by atoms with Crippen molar-refractivity contribution in [2.24, 2.45) is 0 Å². The molecule has 3 N–H and O–H groups in total. The number of benzene rings is 1. The first-order valence-corrected chi connectivity index (χ1v) is 5.94. The van der Waals surface area contributed by atoms with E-state index in [4.69, 9.17) is 10.2 Å². The topological polar surface area (TPSA) is 95.6 Å². The minimum absolute atomic E-state index is 0.242. The Kier molecular flexibility index (Phi) is 10.6. The standard InChI is InChI=1S/C6H4FNO2.C6H15NO2/c7-5-3-1-2-4-6(5)8(9)10;8-5-1-3-7-4-2-6-9/h1-4H;7-9H,1-6H2. The van der Waals surface area contributed by atoms with Crippen LogP contribution in [0.2, 0.25) is 0 Å². The fraction of sp³-hybridized carbons (Fsp3) is 0.500. The monoisotopic (exact) mass is 274 g/mol. The predicted octanol–water partition coefficient (Wildman–Crippen LogP) is 1.07. The Balaban J connectivity index is 0.000000344. The van der Waals surface area contributed by atoms with Crippen LogP contribution < -0.4 is 5.32 Å². The molecule has 0 bridgehead atoms. The number of rotatable bonds is 7. The van der Waals surface area contributed by atoms with Crippen LogP contribution in [0.25, 0.3) is 0 Å². The summed E-state index contributed by atoms with van der Waals surface area (Å²) in [5, 5.41) is 29.7. The Morgan fingerprint density at radius 2 is 1.68 bits per heavy atom. The summed E-state index contributed by atoms with van der Waals surface area (Å²) < 4.78 is 12.4. The van der Waals surface area contributed by atoms with Gasteiger partial charge in [-0.1, -0.05) is 12.1 Å². The van der Waals surface area contributed by atoms with Gasteiger partial charge < -0.3 is 15.5 Å². The highest BCUT2D eigenvalue weighted by Gasteiger charge is 2.10. The summed E-state index contributed by atoms with van der Waals surface area (Å²) in [6.07, 6.45) is 1.59. The third-order valence-electron chi connectivity index (χ3n) is 2.07. The predicted molar refractivity (Wildman–Crippen MR) is 69.3 cm³/mol. The van der Waals surface area contributed by atoms with Gasteiger partial charge in [0.15, 0.2) is 0 Å². The zero-order valence-corrected chi connectivity index (χ0v) is 10.6. The molecule has 0 saturated heterocycles. The van der Waals surface area contributed by atoms with Crippen LogP contribution in [-0.4, -0.2) is 41.4 Å². The summed E-state index contributed by atoms with van der Waals surface area (Å²) in [5.74, 6) is -0.799. The number of aliphatic hydroxyl groups is 2. The van der Waals surface area contributed by atoms with Crippen LogP contribution in [-0.2, 0) is 0 Å². The van der Waals surface area contributed by atoms with E-state index in [9.17, 15) is 14.5 Å². The molecule has 108 valence electrons. The highest BCUT2D eigenvalue weighted by atomic mass is 19.1. The number of aliphatic hydroxyl groups excluding tert-OH is 2. The normalized spacial score (nSPS) is 9.63. The van der Waals surface area contributed by atoms with Crippen molar-refractivity contribution in [3.8, 4) is 0 Å². The van der Waals surface area contributed by atoms with Crippen LogP contribution in [0.5, 0.6) is 0 Å². The number of hydrogen-bond acceptors (Lipinski definition) is 5. The number of halogens is 1. The van der Waals surface area contributed by atoms with Crippen molar-refractivity contribution in [2.75, 3.05) is 26.3 Å². The fourth-order valence-electron chi connectivity index (χ4n) is 1.13. The molecule has 0 fully saturated rings. The van der Waals surface area contributed by atoms with Crippen LogP contribution in [0, 0.1) is 15.9 Å². The van der Waals surface area contributed by atoms with E-state index in [2.05, 4.69) is 5.32 Å². The van der Waals surface area contributed by atoms with E-state index in [0.717, 1.165) is 38.1 Å². The molecular weight excluding hydrogens is 255 g/mol. The first kappa shape index (κ1) is 17.4. The maximum absolute atomic E-state index is 12.4. The number of nitrogens with one attached hydrogen (secondary N) is 1. The van der Waals surface area contributed by atoms with Crippen LogP contribution in [0.15, 0.2) is 24.3 Å². The first-order chi connectivity index (χ1) is 9.13. The second-order valence-corrected chi connectivity index (χ2v) is 3.61. The summed E-state index contributed by atoms with van der Waals surface area (Å²) in [5.41, 5.74) is -0.484. The van der Waals surface area contributed by atoms with Gasteiger partial charge in [0, 0.05) is 19.3 Å². The first-order valence-electron chi connectivity index (χ1n) is 5.94. The van der Waals surface area contributed by atoms with Crippen molar-refractivity contribution < 1.29 is 19.5 Å². The fourth-order valence-corrected chi connectivity index (χ4v) is 1.13. The SMILES string of the molecule is O=[N+]([O-])c1ccccc1F.OCCCNCCCO. The molecule has 1 aromatic rings. The van der Waals surface area contributed by atoms with E-state index in [1.165, 1.54) is 12.1 Å². The second kappa shape index (κ2) is 11.5. The Hall–Kier alpha value is -1.57. The molecule has 0 unspecified atom stereocenters. The van der Waals surface area contributed by atoms with Gasteiger partial charge in [-0.3, -0.25) is 10.1 Å². The summed E-state index contributed by atoms with van der Waals surface area (Å²) in [6.45, 7) is 2.17. The van der Waals surface area contributed by atoms with Crippen LogP contribution in [0.1, 0.15) is 12.8 Å². The van der Waals surface area contributed by atoms with E-state index in [1.54, 1.807) is 0 Å². The number of nitro groups is 1. The minimum atomic E-state index is -0.799. The van der Waals surface area contributed by atoms with Gasteiger partial charge in [-0.2, -0.15) is 4.39 Å². The summed E-state index contributed by atoms with van der Waals surface area (Å²) in [4.78, 5) is 9.23. The van der Waals surface area contributed by atoms with Crippen molar-refractivity contribution >= 4 is 5.69 Å². The van der Waals surface area contributed by atoms with Gasteiger partial charge in [0.05, 0.1) is 4.92 Å². The van der Waals surface area contributed by atoms with Crippen molar-refractivity contribution in [3.63, 3.8) is 0 Å². The highest BCUT2D eigenvalue weighted by Crippen LogP contribution is 2.14. The van der Waals surface area contributed by atoms with E-state index >= 15 is 0 Å². The Labute approximate surface area is 111 Å². The average molecular weight is 274 g/mol. The third-order valence-corrected chi connectivity index (χ3v) is 2.07. The summed E-state index contributed by atoms with van der Waals surface area (Å²) in [7, 11) is 0. The summed E-state index contributed by atoms with van der Waals surface area (Å²) in [6, 6.07) is 5.00. The molecule has 6 nitrogen and oxygen atoms in total. The zero-order chi connectivity index (χ0) is 14.5. The van der Waals surface area contributed by atoms with Gasteiger partial charge in [0.25, 0.3) is 0 Å². The average Bonchev–Trinajstić information content (AvgIpc) is 2.40. The van der Waals surface area contributed by atoms with Gasteiger partial charge in [0.2, 0.25) is 5.82 Å². The number of nitro benzene ring substituents is 1. The number of para-hydroxylation sites is 1. The van der Waals surface area contributed by atoms with Crippen molar-refractivity contribution in [1.82, 2.24) is 5.32 Å². The Morgan fingerprint density at radius 1 is 1.16 bits per heavy atom. The van der Waals surface area contributed by atoms with E-state index in [-0.39, 0.29) is 13.2 Å².